The van der Waals surface area contributed by atoms with Crippen molar-refractivity contribution in [3.63, 3.8) is 0 Å². The van der Waals surface area contributed by atoms with Crippen molar-refractivity contribution in [2.75, 3.05) is 25.1 Å². The SMILES string of the molecule is CCCCNc1nccn1C(C)C1CCOC1. The summed E-state index contributed by atoms with van der Waals surface area (Å²) in [6.45, 7) is 7.25. The Hall–Kier alpha value is -1.03. The van der Waals surface area contributed by atoms with Crippen LogP contribution in [0.3, 0.4) is 0 Å². The van der Waals surface area contributed by atoms with E-state index in [9.17, 15) is 0 Å². The molecular formula is C13H23N3O. The quantitative estimate of drug-likeness (QED) is 0.773. The van der Waals surface area contributed by atoms with Gasteiger partial charge in [-0.3, -0.25) is 0 Å². The Bertz CT molecular complexity index is 331. The minimum absolute atomic E-state index is 0.462. The first-order valence-electron chi connectivity index (χ1n) is 6.67. The molecule has 0 saturated carbocycles. The number of nitrogens with zero attached hydrogens (tertiary/aromatic N) is 2. The molecule has 1 saturated heterocycles. The van der Waals surface area contributed by atoms with Crippen molar-refractivity contribution in [1.82, 2.24) is 9.55 Å². The summed E-state index contributed by atoms with van der Waals surface area (Å²) >= 11 is 0. The summed E-state index contributed by atoms with van der Waals surface area (Å²) in [5, 5.41) is 3.41. The van der Waals surface area contributed by atoms with E-state index >= 15 is 0 Å². The van der Waals surface area contributed by atoms with Gasteiger partial charge in [-0.05, 0) is 19.8 Å². The van der Waals surface area contributed by atoms with Crippen LogP contribution in [0.25, 0.3) is 0 Å². The lowest BCUT2D eigenvalue weighted by molar-refractivity contribution is 0.175. The van der Waals surface area contributed by atoms with Crippen LogP contribution in [0.5, 0.6) is 0 Å². The van der Waals surface area contributed by atoms with Crippen molar-refractivity contribution in [2.24, 2.45) is 5.92 Å². The topological polar surface area (TPSA) is 39.1 Å². The third kappa shape index (κ3) is 3.00. The van der Waals surface area contributed by atoms with Crippen LogP contribution in [0.2, 0.25) is 0 Å². The van der Waals surface area contributed by atoms with Crippen molar-refractivity contribution in [3.8, 4) is 0 Å². The molecule has 2 unspecified atom stereocenters. The van der Waals surface area contributed by atoms with Gasteiger partial charge in [0.25, 0.3) is 0 Å². The molecule has 1 fully saturated rings. The highest BCUT2D eigenvalue weighted by Gasteiger charge is 2.24. The van der Waals surface area contributed by atoms with Crippen LogP contribution >= 0.6 is 0 Å². The van der Waals surface area contributed by atoms with Gasteiger partial charge < -0.3 is 14.6 Å². The standard InChI is InChI=1S/C13H23N3O/c1-3-4-6-14-13-15-7-8-16(13)11(2)12-5-9-17-10-12/h7-8,11-12H,3-6,9-10H2,1-2H3,(H,14,15). The maximum Gasteiger partial charge on any atom is 0.203 e. The summed E-state index contributed by atoms with van der Waals surface area (Å²) in [4.78, 5) is 4.39. The highest BCUT2D eigenvalue weighted by atomic mass is 16.5. The van der Waals surface area contributed by atoms with E-state index in [1.54, 1.807) is 0 Å². The maximum absolute atomic E-state index is 5.46. The van der Waals surface area contributed by atoms with Gasteiger partial charge in [0.05, 0.1) is 6.61 Å². The maximum atomic E-state index is 5.46. The van der Waals surface area contributed by atoms with Gasteiger partial charge in [-0.2, -0.15) is 0 Å². The van der Waals surface area contributed by atoms with Crippen LogP contribution in [0.4, 0.5) is 5.95 Å². The molecule has 0 aromatic carbocycles. The second-order valence-electron chi connectivity index (χ2n) is 4.80. The van der Waals surface area contributed by atoms with Gasteiger partial charge in [0.15, 0.2) is 0 Å². The molecule has 0 aliphatic carbocycles. The fourth-order valence-electron chi connectivity index (χ4n) is 2.32. The van der Waals surface area contributed by atoms with E-state index in [0.717, 1.165) is 32.1 Å². The zero-order valence-corrected chi connectivity index (χ0v) is 10.9. The molecule has 0 bridgehead atoms. The third-order valence-corrected chi connectivity index (χ3v) is 3.57. The number of hydrogen-bond acceptors (Lipinski definition) is 3. The summed E-state index contributed by atoms with van der Waals surface area (Å²) in [5.41, 5.74) is 0. The van der Waals surface area contributed by atoms with Gasteiger partial charge in [0, 0.05) is 37.5 Å². The van der Waals surface area contributed by atoms with Crippen molar-refractivity contribution in [3.05, 3.63) is 12.4 Å². The normalized spacial score (nSPS) is 21.6. The average Bonchev–Trinajstić information content (AvgIpc) is 3.00. The summed E-state index contributed by atoms with van der Waals surface area (Å²) in [6.07, 6.45) is 7.50. The molecule has 4 heteroatoms. The van der Waals surface area contributed by atoms with Crippen LogP contribution in [0.1, 0.15) is 39.2 Å². The number of anilines is 1. The number of rotatable bonds is 6. The Labute approximate surface area is 103 Å². The first kappa shape index (κ1) is 12.4. The lowest BCUT2D eigenvalue weighted by Crippen LogP contribution is -2.19. The number of unbranched alkanes of at least 4 members (excludes halogenated alkanes) is 1. The molecule has 1 aliphatic rings. The molecule has 1 aliphatic heterocycles. The number of nitrogens with one attached hydrogen (secondary N) is 1. The van der Waals surface area contributed by atoms with E-state index < -0.39 is 0 Å². The Kier molecular flexibility index (Phi) is 4.42. The molecule has 2 rings (SSSR count). The second kappa shape index (κ2) is 6.05. The molecule has 1 N–H and O–H groups in total. The lowest BCUT2D eigenvalue weighted by atomic mass is 10.0. The van der Waals surface area contributed by atoms with E-state index in [1.165, 1.54) is 12.8 Å². The summed E-state index contributed by atoms with van der Waals surface area (Å²) in [5.74, 6) is 1.62. The fourth-order valence-corrected chi connectivity index (χ4v) is 2.32. The smallest absolute Gasteiger partial charge is 0.203 e. The molecule has 2 atom stereocenters. The van der Waals surface area contributed by atoms with Crippen molar-refractivity contribution < 1.29 is 4.74 Å². The van der Waals surface area contributed by atoms with E-state index in [-0.39, 0.29) is 0 Å². The predicted molar refractivity (Wildman–Crippen MR) is 69.3 cm³/mol. The van der Waals surface area contributed by atoms with Gasteiger partial charge in [-0.25, -0.2) is 4.98 Å². The Morgan fingerprint density at radius 3 is 3.24 bits per heavy atom. The highest BCUT2D eigenvalue weighted by molar-refractivity contribution is 5.26. The zero-order chi connectivity index (χ0) is 12.1. The van der Waals surface area contributed by atoms with Crippen LogP contribution < -0.4 is 5.32 Å². The van der Waals surface area contributed by atoms with E-state index in [4.69, 9.17) is 4.74 Å². The van der Waals surface area contributed by atoms with Gasteiger partial charge in [-0.1, -0.05) is 13.3 Å². The van der Waals surface area contributed by atoms with Crippen molar-refractivity contribution >= 4 is 5.95 Å². The van der Waals surface area contributed by atoms with Crippen molar-refractivity contribution in [1.29, 1.82) is 0 Å². The molecular weight excluding hydrogens is 214 g/mol. The molecule has 4 nitrogen and oxygen atoms in total. The highest BCUT2D eigenvalue weighted by Crippen LogP contribution is 2.28. The predicted octanol–water partition coefficient (Wildman–Crippen LogP) is 2.69. The number of aromatic nitrogens is 2. The Balaban J connectivity index is 1.96. The first-order chi connectivity index (χ1) is 8.33. The summed E-state index contributed by atoms with van der Waals surface area (Å²) < 4.78 is 7.71. The summed E-state index contributed by atoms with van der Waals surface area (Å²) in [7, 11) is 0. The molecule has 0 amide bonds. The largest absolute Gasteiger partial charge is 0.381 e. The average molecular weight is 237 g/mol. The second-order valence-corrected chi connectivity index (χ2v) is 4.80. The molecule has 1 aromatic rings. The van der Waals surface area contributed by atoms with E-state index in [0.29, 0.717) is 12.0 Å². The Morgan fingerprint density at radius 1 is 1.65 bits per heavy atom. The van der Waals surface area contributed by atoms with Crippen LogP contribution in [-0.2, 0) is 4.74 Å². The first-order valence-corrected chi connectivity index (χ1v) is 6.67. The number of hydrogen-bond donors (Lipinski definition) is 1. The van der Waals surface area contributed by atoms with E-state index in [1.807, 2.05) is 6.20 Å². The van der Waals surface area contributed by atoms with Crippen LogP contribution in [-0.4, -0.2) is 29.3 Å². The monoisotopic (exact) mass is 237 g/mol. The minimum Gasteiger partial charge on any atom is -0.381 e. The number of ether oxygens (including phenoxy) is 1. The van der Waals surface area contributed by atoms with Gasteiger partial charge in [0.2, 0.25) is 5.95 Å². The van der Waals surface area contributed by atoms with Crippen molar-refractivity contribution in [2.45, 2.75) is 39.2 Å². The summed E-state index contributed by atoms with van der Waals surface area (Å²) in [6, 6.07) is 0.462. The number of imidazole rings is 1. The molecule has 0 radical (unpaired) electrons. The molecule has 17 heavy (non-hydrogen) atoms. The molecule has 96 valence electrons. The lowest BCUT2D eigenvalue weighted by Gasteiger charge is -2.21. The molecule has 0 spiro atoms. The third-order valence-electron chi connectivity index (χ3n) is 3.57. The fraction of sp³-hybridized carbons (Fsp3) is 0.769. The molecule has 2 heterocycles. The van der Waals surface area contributed by atoms with E-state index in [2.05, 4.69) is 34.9 Å². The van der Waals surface area contributed by atoms with Gasteiger partial charge >= 0.3 is 0 Å². The zero-order valence-electron chi connectivity index (χ0n) is 10.9. The van der Waals surface area contributed by atoms with Gasteiger partial charge in [0.1, 0.15) is 0 Å². The van der Waals surface area contributed by atoms with Gasteiger partial charge in [-0.15, -0.1) is 0 Å². The molecule has 1 aromatic heterocycles. The van der Waals surface area contributed by atoms with Crippen LogP contribution in [0.15, 0.2) is 12.4 Å². The Morgan fingerprint density at radius 2 is 2.53 bits per heavy atom. The van der Waals surface area contributed by atoms with Crippen LogP contribution in [0, 0.1) is 5.92 Å². The minimum atomic E-state index is 0.462.